The van der Waals surface area contributed by atoms with Crippen molar-refractivity contribution in [3.8, 4) is 0 Å². The normalized spacial score (nSPS) is 12.6. The van der Waals surface area contributed by atoms with Gasteiger partial charge in [0.1, 0.15) is 0 Å². The van der Waals surface area contributed by atoms with Crippen molar-refractivity contribution in [2.75, 3.05) is 0 Å². The lowest BCUT2D eigenvalue weighted by Gasteiger charge is -2.14. The zero-order chi connectivity index (χ0) is 12.3. The van der Waals surface area contributed by atoms with Gasteiger partial charge in [0.25, 0.3) is 0 Å². The van der Waals surface area contributed by atoms with Crippen molar-refractivity contribution < 1.29 is 0 Å². The smallest absolute Gasteiger partial charge is 0.0925 e. The summed E-state index contributed by atoms with van der Waals surface area (Å²) in [6.07, 6.45) is 1.73. The lowest BCUT2D eigenvalue weighted by molar-refractivity contribution is 0.567. The topological polar surface area (TPSA) is 40.7 Å². The second kappa shape index (κ2) is 5.47. The third-order valence-electron chi connectivity index (χ3n) is 2.86. The molecular formula is C13H16BrN3. The molecule has 0 bridgehead atoms. The summed E-state index contributed by atoms with van der Waals surface area (Å²) in [5.41, 5.74) is 3.47. The summed E-state index contributed by atoms with van der Waals surface area (Å²) in [5.74, 6) is 0. The van der Waals surface area contributed by atoms with E-state index < -0.39 is 0 Å². The Bertz CT molecular complexity index is 493. The van der Waals surface area contributed by atoms with E-state index in [4.69, 9.17) is 0 Å². The fourth-order valence-corrected chi connectivity index (χ4v) is 2.13. The molecule has 0 aliphatic rings. The van der Waals surface area contributed by atoms with Gasteiger partial charge in [0, 0.05) is 22.8 Å². The first-order valence-electron chi connectivity index (χ1n) is 5.64. The van der Waals surface area contributed by atoms with E-state index in [1.54, 1.807) is 6.33 Å². The van der Waals surface area contributed by atoms with Gasteiger partial charge in [0.2, 0.25) is 0 Å². The molecule has 1 atom stereocenters. The number of nitrogens with zero attached hydrogens (tertiary/aromatic N) is 1. The van der Waals surface area contributed by atoms with Crippen molar-refractivity contribution >= 4 is 15.9 Å². The molecule has 2 rings (SSSR count). The highest BCUT2D eigenvalue weighted by molar-refractivity contribution is 9.10. The summed E-state index contributed by atoms with van der Waals surface area (Å²) in [7, 11) is 0. The van der Waals surface area contributed by atoms with Crippen LogP contribution in [0, 0.1) is 6.92 Å². The van der Waals surface area contributed by atoms with Gasteiger partial charge < -0.3 is 10.3 Å². The van der Waals surface area contributed by atoms with Gasteiger partial charge in [-0.15, -0.1) is 0 Å². The summed E-state index contributed by atoms with van der Waals surface area (Å²) in [6.45, 7) is 4.97. The number of benzene rings is 1. The van der Waals surface area contributed by atoms with Crippen LogP contribution < -0.4 is 5.32 Å². The molecule has 1 aromatic carbocycles. The maximum Gasteiger partial charge on any atom is 0.0925 e. The minimum atomic E-state index is 0.309. The van der Waals surface area contributed by atoms with Gasteiger partial charge in [-0.05, 0) is 31.5 Å². The number of rotatable bonds is 4. The number of aromatic nitrogens is 2. The molecule has 0 saturated heterocycles. The third-order valence-corrected chi connectivity index (χ3v) is 3.35. The summed E-state index contributed by atoms with van der Waals surface area (Å²) in [6, 6.07) is 8.66. The van der Waals surface area contributed by atoms with Gasteiger partial charge in [-0.2, -0.15) is 0 Å². The number of halogens is 1. The Hall–Kier alpha value is -1.13. The SMILES string of the molecule is Cc1[nH]cnc1CNC(C)c1cccc(Br)c1. The molecular weight excluding hydrogens is 278 g/mol. The van der Waals surface area contributed by atoms with E-state index in [0.717, 1.165) is 22.4 Å². The van der Waals surface area contributed by atoms with Crippen molar-refractivity contribution in [2.45, 2.75) is 26.4 Å². The van der Waals surface area contributed by atoms with Gasteiger partial charge in [0.05, 0.1) is 12.0 Å². The van der Waals surface area contributed by atoms with E-state index in [1.807, 2.05) is 13.0 Å². The van der Waals surface area contributed by atoms with E-state index in [0.29, 0.717) is 6.04 Å². The molecule has 17 heavy (non-hydrogen) atoms. The zero-order valence-corrected chi connectivity index (χ0v) is 11.6. The monoisotopic (exact) mass is 293 g/mol. The van der Waals surface area contributed by atoms with Gasteiger partial charge in [0.15, 0.2) is 0 Å². The molecule has 0 saturated carbocycles. The van der Waals surface area contributed by atoms with E-state index in [1.165, 1.54) is 5.56 Å². The van der Waals surface area contributed by atoms with Gasteiger partial charge in [-0.1, -0.05) is 28.1 Å². The Morgan fingerprint density at radius 2 is 2.29 bits per heavy atom. The van der Waals surface area contributed by atoms with Crippen molar-refractivity contribution in [1.82, 2.24) is 15.3 Å². The lowest BCUT2D eigenvalue weighted by atomic mass is 10.1. The second-order valence-electron chi connectivity index (χ2n) is 4.13. The number of hydrogen-bond acceptors (Lipinski definition) is 2. The average molecular weight is 294 g/mol. The quantitative estimate of drug-likeness (QED) is 0.908. The maximum absolute atomic E-state index is 4.27. The fraction of sp³-hybridized carbons (Fsp3) is 0.308. The molecule has 0 amide bonds. The lowest BCUT2D eigenvalue weighted by Crippen LogP contribution is -2.18. The van der Waals surface area contributed by atoms with Crippen molar-refractivity contribution in [3.05, 3.63) is 52.0 Å². The van der Waals surface area contributed by atoms with Crippen LogP contribution in [0.15, 0.2) is 35.1 Å². The molecule has 4 heteroatoms. The summed E-state index contributed by atoms with van der Waals surface area (Å²) in [5, 5.41) is 3.47. The number of nitrogens with one attached hydrogen (secondary N) is 2. The molecule has 2 N–H and O–H groups in total. The van der Waals surface area contributed by atoms with E-state index in [-0.39, 0.29) is 0 Å². The van der Waals surface area contributed by atoms with Crippen LogP contribution in [0.4, 0.5) is 0 Å². The van der Waals surface area contributed by atoms with Crippen molar-refractivity contribution in [3.63, 3.8) is 0 Å². The highest BCUT2D eigenvalue weighted by Gasteiger charge is 2.07. The fourth-order valence-electron chi connectivity index (χ4n) is 1.71. The number of hydrogen-bond donors (Lipinski definition) is 2. The van der Waals surface area contributed by atoms with Gasteiger partial charge >= 0.3 is 0 Å². The minimum Gasteiger partial charge on any atom is -0.348 e. The van der Waals surface area contributed by atoms with Crippen LogP contribution in [0.2, 0.25) is 0 Å². The predicted molar refractivity (Wildman–Crippen MR) is 72.7 cm³/mol. The summed E-state index contributed by atoms with van der Waals surface area (Å²) < 4.78 is 1.11. The van der Waals surface area contributed by atoms with Crippen molar-refractivity contribution in [2.24, 2.45) is 0 Å². The molecule has 1 heterocycles. The molecule has 0 fully saturated rings. The Kier molecular flexibility index (Phi) is 3.97. The van der Waals surface area contributed by atoms with Gasteiger partial charge in [-0.25, -0.2) is 4.98 Å². The van der Waals surface area contributed by atoms with Crippen LogP contribution in [-0.2, 0) is 6.54 Å². The molecule has 3 nitrogen and oxygen atoms in total. The largest absolute Gasteiger partial charge is 0.348 e. The molecule has 0 spiro atoms. The van der Waals surface area contributed by atoms with E-state index in [2.05, 4.69) is 56.3 Å². The predicted octanol–water partition coefficient (Wildman–Crippen LogP) is 3.33. The van der Waals surface area contributed by atoms with Crippen LogP contribution in [-0.4, -0.2) is 9.97 Å². The first-order chi connectivity index (χ1) is 8.16. The minimum absolute atomic E-state index is 0.309. The van der Waals surface area contributed by atoms with Crippen LogP contribution in [0.5, 0.6) is 0 Å². The molecule has 0 radical (unpaired) electrons. The Labute approximate surface area is 110 Å². The molecule has 0 aliphatic carbocycles. The standard InChI is InChI=1S/C13H16BrN3/c1-9(11-4-3-5-12(14)6-11)15-7-13-10(2)16-8-17-13/h3-6,8-9,15H,7H2,1-2H3,(H,16,17). The van der Waals surface area contributed by atoms with Crippen LogP contribution in [0.1, 0.15) is 29.9 Å². The summed E-state index contributed by atoms with van der Waals surface area (Å²) >= 11 is 3.49. The third kappa shape index (κ3) is 3.17. The Balaban J connectivity index is 1.98. The van der Waals surface area contributed by atoms with Crippen LogP contribution in [0.25, 0.3) is 0 Å². The number of H-pyrrole nitrogens is 1. The van der Waals surface area contributed by atoms with Crippen molar-refractivity contribution in [1.29, 1.82) is 0 Å². The first-order valence-corrected chi connectivity index (χ1v) is 6.44. The summed E-state index contributed by atoms with van der Waals surface area (Å²) in [4.78, 5) is 7.35. The first kappa shape index (κ1) is 12.3. The molecule has 1 aromatic heterocycles. The van der Waals surface area contributed by atoms with E-state index >= 15 is 0 Å². The maximum atomic E-state index is 4.27. The zero-order valence-electron chi connectivity index (χ0n) is 10.00. The number of imidazole rings is 1. The number of aromatic amines is 1. The molecule has 2 aromatic rings. The second-order valence-corrected chi connectivity index (χ2v) is 5.05. The van der Waals surface area contributed by atoms with E-state index in [9.17, 15) is 0 Å². The highest BCUT2D eigenvalue weighted by Crippen LogP contribution is 2.18. The average Bonchev–Trinajstić information content (AvgIpc) is 2.72. The van der Waals surface area contributed by atoms with Crippen LogP contribution in [0.3, 0.4) is 0 Å². The Morgan fingerprint density at radius 1 is 1.47 bits per heavy atom. The molecule has 90 valence electrons. The van der Waals surface area contributed by atoms with Gasteiger partial charge in [-0.3, -0.25) is 0 Å². The molecule has 0 aliphatic heterocycles. The van der Waals surface area contributed by atoms with Crippen LogP contribution >= 0.6 is 15.9 Å². The Morgan fingerprint density at radius 3 is 2.94 bits per heavy atom. The molecule has 1 unspecified atom stereocenters. The highest BCUT2D eigenvalue weighted by atomic mass is 79.9. The number of aryl methyl sites for hydroxylation is 1.